The molecule has 90 valence electrons. The Hall–Kier alpha value is -2.29. The number of hydrogen-bond donors (Lipinski definition) is 0. The monoisotopic (exact) mass is 239 g/mol. The van der Waals surface area contributed by atoms with Crippen LogP contribution in [-0.4, -0.2) is 7.11 Å². The van der Waals surface area contributed by atoms with Crippen molar-refractivity contribution in [3.8, 4) is 5.75 Å². The maximum absolute atomic E-state index is 5.63. The summed E-state index contributed by atoms with van der Waals surface area (Å²) in [5.41, 5.74) is 1.02. The van der Waals surface area contributed by atoms with Crippen molar-refractivity contribution in [2.75, 3.05) is 7.11 Å². The summed E-state index contributed by atoms with van der Waals surface area (Å²) in [6, 6.07) is 15.7. The van der Waals surface area contributed by atoms with Crippen molar-refractivity contribution in [1.29, 1.82) is 0 Å². The summed E-state index contributed by atoms with van der Waals surface area (Å²) in [7, 11) is 1.65. The lowest BCUT2D eigenvalue weighted by Crippen LogP contribution is -2.29. The topological polar surface area (TPSA) is 30.8 Å². The number of ether oxygens (including phenoxy) is 2. The first-order chi connectivity index (χ1) is 8.86. The van der Waals surface area contributed by atoms with Crippen LogP contribution in [0.2, 0.25) is 0 Å². The molecule has 0 amide bonds. The first-order valence-electron chi connectivity index (χ1n) is 5.79. The molecule has 0 saturated carbocycles. The van der Waals surface area contributed by atoms with Crippen LogP contribution in [0, 0.1) is 0 Å². The van der Waals surface area contributed by atoms with Crippen LogP contribution in [0.15, 0.2) is 53.5 Å². The molecular weight excluding hydrogens is 226 g/mol. The van der Waals surface area contributed by atoms with Gasteiger partial charge in [-0.1, -0.05) is 12.1 Å². The number of methoxy groups -OCH3 is 1. The van der Waals surface area contributed by atoms with Crippen molar-refractivity contribution in [3.63, 3.8) is 0 Å². The van der Waals surface area contributed by atoms with Crippen LogP contribution >= 0.6 is 0 Å². The highest BCUT2D eigenvalue weighted by atomic mass is 16.5. The number of hydrogen-bond acceptors (Lipinski definition) is 3. The third-order valence-corrected chi connectivity index (χ3v) is 2.92. The molecule has 3 nitrogen and oxygen atoms in total. The van der Waals surface area contributed by atoms with Crippen molar-refractivity contribution in [2.45, 2.75) is 6.23 Å². The lowest BCUT2D eigenvalue weighted by molar-refractivity contribution is 0.182. The number of rotatable bonds is 2. The zero-order valence-electron chi connectivity index (χ0n) is 10.0. The summed E-state index contributed by atoms with van der Waals surface area (Å²) in [5.74, 6) is 0.832. The quantitative estimate of drug-likeness (QED) is 0.799. The molecule has 1 heterocycles. The molecule has 2 aromatic carbocycles. The molecule has 3 heteroatoms. The van der Waals surface area contributed by atoms with E-state index in [4.69, 9.17) is 9.47 Å². The van der Waals surface area contributed by atoms with E-state index < -0.39 is 0 Å². The summed E-state index contributed by atoms with van der Waals surface area (Å²) >= 11 is 0. The Kier molecular flexibility index (Phi) is 2.73. The molecule has 0 aromatic heterocycles. The Labute approximate surface area is 105 Å². The van der Waals surface area contributed by atoms with Gasteiger partial charge in [0, 0.05) is 10.8 Å². The molecule has 0 spiro atoms. The van der Waals surface area contributed by atoms with Gasteiger partial charge in [-0.2, -0.15) is 0 Å². The molecule has 1 unspecified atom stereocenters. The molecule has 1 atom stereocenters. The van der Waals surface area contributed by atoms with Gasteiger partial charge >= 0.3 is 0 Å². The van der Waals surface area contributed by atoms with Crippen LogP contribution in [0.5, 0.6) is 5.75 Å². The average molecular weight is 239 g/mol. The van der Waals surface area contributed by atoms with Crippen molar-refractivity contribution in [1.82, 2.24) is 0 Å². The molecule has 0 saturated heterocycles. The third-order valence-electron chi connectivity index (χ3n) is 2.92. The molecule has 0 fully saturated rings. The van der Waals surface area contributed by atoms with Crippen LogP contribution in [0.1, 0.15) is 11.8 Å². The van der Waals surface area contributed by atoms with Crippen molar-refractivity contribution >= 4 is 6.26 Å². The highest BCUT2D eigenvalue weighted by Gasteiger charge is 2.12. The van der Waals surface area contributed by atoms with Gasteiger partial charge in [-0.05, 0) is 36.4 Å². The van der Waals surface area contributed by atoms with Crippen molar-refractivity contribution in [3.05, 3.63) is 64.7 Å². The first kappa shape index (κ1) is 10.8. The van der Waals surface area contributed by atoms with Crippen LogP contribution in [0.4, 0.5) is 0 Å². The van der Waals surface area contributed by atoms with E-state index in [0.717, 1.165) is 21.9 Å². The second kappa shape index (κ2) is 4.53. The van der Waals surface area contributed by atoms with Gasteiger partial charge in [0.2, 0.25) is 6.23 Å². The van der Waals surface area contributed by atoms with Gasteiger partial charge in [0.25, 0.3) is 0 Å². The zero-order valence-corrected chi connectivity index (χ0v) is 10.0. The third kappa shape index (κ3) is 1.95. The van der Waals surface area contributed by atoms with Crippen LogP contribution in [0.25, 0.3) is 6.26 Å². The van der Waals surface area contributed by atoms with Gasteiger partial charge in [0.1, 0.15) is 5.75 Å². The van der Waals surface area contributed by atoms with E-state index >= 15 is 0 Å². The second-order valence-corrected chi connectivity index (χ2v) is 4.07. The van der Waals surface area contributed by atoms with E-state index in [0.29, 0.717) is 0 Å². The standard InChI is InChI=1S/C15H13NO2/c1-17-13-8-6-11(7-9-13)15-16-14-5-3-2-4-12(14)10-18-15/h2-10,15H,1H3. The molecule has 0 bridgehead atoms. The Morgan fingerprint density at radius 2 is 1.83 bits per heavy atom. The van der Waals surface area contributed by atoms with E-state index in [9.17, 15) is 0 Å². The number of fused-ring (bicyclic) bond motifs is 1. The molecule has 3 rings (SSSR count). The molecule has 2 aromatic rings. The minimum absolute atomic E-state index is 0.272. The van der Waals surface area contributed by atoms with E-state index in [-0.39, 0.29) is 6.23 Å². The maximum atomic E-state index is 5.63. The van der Waals surface area contributed by atoms with Gasteiger partial charge < -0.3 is 9.47 Å². The zero-order chi connectivity index (χ0) is 12.4. The van der Waals surface area contributed by atoms with E-state index in [2.05, 4.69) is 4.99 Å². The summed E-state index contributed by atoms with van der Waals surface area (Å²) in [6.45, 7) is 0. The van der Waals surface area contributed by atoms with E-state index in [1.807, 2.05) is 48.5 Å². The predicted molar refractivity (Wildman–Crippen MR) is 68.5 cm³/mol. The number of para-hydroxylation sites is 1. The first-order valence-corrected chi connectivity index (χ1v) is 5.79. The highest BCUT2D eigenvalue weighted by Crippen LogP contribution is 2.22. The largest absolute Gasteiger partial charge is 0.497 e. The number of nitrogens with zero attached hydrogens (tertiary/aromatic N) is 1. The molecule has 0 radical (unpaired) electrons. The highest BCUT2D eigenvalue weighted by molar-refractivity contribution is 5.30. The molecule has 0 N–H and O–H groups in total. The van der Waals surface area contributed by atoms with Crippen LogP contribution in [0.3, 0.4) is 0 Å². The van der Waals surface area contributed by atoms with Crippen molar-refractivity contribution < 1.29 is 9.47 Å². The van der Waals surface area contributed by atoms with Gasteiger partial charge in [-0.3, -0.25) is 0 Å². The summed E-state index contributed by atoms with van der Waals surface area (Å²) in [4.78, 5) is 4.58. The predicted octanol–water partition coefficient (Wildman–Crippen LogP) is 1.78. The number of benzene rings is 2. The fraction of sp³-hybridized carbons (Fsp3) is 0.133. The fourth-order valence-electron chi connectivity index (χ4n) is 1.92. The SMILES string of the molecule is COc1ccc(C2N=c3ccccc3=CO2)cc1. The average Bonchev–Trinajstić information content (AvgIpc) is 2.47. The lowest BCUT2D eigenvalue weighted by atomic mass is 10.2. The van der Waals surface area contributed by atoms with Gasteiger partial charge in [-0.15, -0.1) is 0 Å². The molecule has 18 heavy (non-hydrogen) atoms. The Morgan fingerprint density at radius 3 is 2.61 bits per heavy atom. The normalized spacial score (nSPS) is 16.8. The molecule has 1 aliphatic heterocycles. The Bertz CT molecular complexity index is 662. The van der Waals surface area contributed by atoms with E-state index in [1.54, 1.807) is 13.4 Å². The summed E-state index contributed by atoms with van der Waals surface area (Å²) < 4.78 is 10.8. The van der Waals surface area contributed by atoms with Gasteiger partial charge in [-0.25, -0.2) is 4.99 Å². The lowest BCUT2D eigenvalue weighted by Gasteiger charge is -2.15. The smallest absolute Gasteiger partial charge is 0.215 e. The summed E-state index contributed by atoms with van der Waals surface area (Å²) in [5, 5.41) is 1.98. The fourth-order valence-corrected chi connectivity index (χ4v) is 1.92. The van der Waals surface area contributed by atoms with Crippen molar-refractivity contribution in [2.24, 2.45) is 4.99 Å². The minimum atomic E-state index is -0.272. The maximum Gasteiger partial charge on any atom is 0.215 e. The van der Waals surface area contributed by atoms with Gasteiger partial charge in [0.15, 0.2) is 0 Å². The van der Waals surface area contributed by atoms with Crippen LogP contribution in [-0.2, 0) is 4.74 Å². The second-order valence-electron chi connectivity index (χ2n) is 4.07. The Balaban J connectivity index is 1.97. The van der Waals surface area contributed by atoms with E-state index in [1.165, 1.54) is 0 Å². The minimum Gasteiger partial charge on any atom is -0.497 e. The molecule has 1 aliphatic rings. The molecular formula is C15H13NO2. The van der Waals surface area contributed by atoms with Gasteiger partial charge in [0.05, 0.1) is 18.7 Å². The Morgan fingerprint density at radius 1 is 1.06 bits per heavy atom. The molecule has 0 aliphatic carbocycles. The summed E-state index contributed by atoms with van der Waals surface area (Å²) in [6.07, 6.45) is 1.49. The van der Waals surface area contributed by atoms with Crippen LogP contribution < -0.4 is 15.3 Å².